The molecule has 0 saturated heterocycles. The van der Waals surface area contributed by atoms with E-state index in [9.17, 15) is 9.18 Å². The highest BCUT2D eigenvalue weighted by molar-refractivity contribution is 9.10. The summed E-state index contributed by atoms with van der Waals surface area (Å²) in [6, 6.07) is 15.1. The minimum Gasteiger partial charge on any atom is -0.492 e. The first-order chi connectivity index (χ1) is 18.5. The van der Waals surface area contributed by atoms with Crippen LogP contribution < -0.4 is 4.74 Å². The molecule has 0 radical (unpaired) electrons. The largest absolute Gasteiger partial charge is 0.492 e. The lowest BCUT2D eigenvalue weighted by atomic mass is 9.82. The Morgan fingerprint density at radius 2 is 1.50 bits per heavy atom. The van der Waals surface area contributed by atoms with Gasteiger partial charge in [-0.2, -0.15) is 0 Å². The molecule has 2 aromatic rings. The van der Waals surface area contributed by atoms with Crippen LogP contribution >= 0.6 is 15.9 Å². The first-order valence-corrected chi connectivity index (χ1v) is 15.7. The number of rotatable bonds is 16. The SMILES string of the molecule is CCCCCCCCCOc1ccc(-c2ccc(C3CCC(OC(=O)[C@@H](F)CCCC)CC3)cc2)cc1Br. The van der Waals surface area contributed by atoms with Crippen LogP contribution in [0.4, 0.5) is 4.39 Å². The van der Waals surface area contributed by atoms with E-state index in [1.165, 1.54) is 49.7 Å². The van der Waals surface area contributed by atoms with Crippen LogP contribution in [0.5, 0.6) is 5.75 Å². The summed E-state index contributed by atoms with van der Waals surface area (Å²) >= 11 is 3.69. The number of carbonyl (C=O) groups is 1. The third-order valence-corrected chi connectivity index (χ3v) is 8.30. The van der Waals surface area contributed by atoms with Crippen LogP contribution in [-0.4, -0.2) is 24.9 Å². The van der Waals surface area contributed by atoms with Crippen LogP contribution in [0.15, 0.2) is 46.9 Å². The van der Waals surface area contributed by atoms with Crippen LogP contribution in [0.25, 0.3) is 11.1 Å². The van der Waals surface area contributed by atoms with Gasteiger partial charge < -0.3 is 9.47 Å². The van der Waals surface area contributed by atoms with E-state index >= 15 is 0 Å². The molecule has 0 amide bonds. The van der Waals surface area contributed by atoms with Gasteiger partial charge in [0.1, 0.15) is 11.9 Å². The fraction of sp³-hybridized carbons (Fsp3) is 0.606. The zero-order chi connectivity index (χ0) is 27.2. The fourth-order valence-electron chi connectivity index (χ4n) is 5.24. The first kappa shape index (κ1) is 30.7. The van der Waals surface area contributed by atoms with Gasteiger partial charge in [0.15, 0.2) is 6.17 Å². The van der Waals surface area contributed by atoms with E-state index in [4.69, 9.17) is 9.47 Å². The van der Waals surface area contributed by atoms with E-state index in [1.807, 2.05) is 6.92 Å². The molecule has 0 bridgehead atoms. The second-order valence-electron chi connectivity index (χ2n) is 10.8. The van der Waals surface area contributed by atoms with Gasteiger partial charge in [-0.05, 0) is 89.2 Å². The topological polar surface area (TPSA) is 35.5 Å². The normalized spacial score (nSPS) is 18.2. The molecule has 210 valence electrons. The maximum atomic E-state index is 13.9. The van der Waals surface area contributed by atoms with Crippen molar-refractivity contribution in [3.05, 3.63) is 52.5 Å². The van der Waals surface area contributed by atoms with Crippen LogP contribution in [0.2, 0.25) is 0 Å². The van der Waals surface area contributed by atoms with Crippen molar-refractivity contribution >= 4 is 21.9 Å². The fourth-order valence-corrected chi connectivity index (χ4v) is 5.73. The van der Waals surface area contributed by atoms with Crippen molar-refractivity contribution in [2.75, 3.05) is 6.61 Å². The molecule has 1 aliphatic rings. The Morgan fingerprint density at radius 1 is 0.868 bits per heavy atom. The molecule has 1 aliphatic carbocycles. The molecule has 2 aromatic carbocycles. The van der Waals surface area contributed by atoms with E-state index in [-0.39, 0.29) is 12.5 Å². The molecule has 0 spiro atoms. The molecule has 3 rings (SSSR count). The predicted molar refractivity (Wildman–Crippen MR) is 159 cm³/mol. The Hall–Kier alpha value is -1.88. The molecule has 0 N–H and O–H groups in total. The molecule has 1 fully saturated rings. The van der Waals surface area contributed by atoms with Crippen LogP contribution in [0, 0.1) is 0 Å². The van der Waals surface area contributed by atoms with Gasteiger partial charge in [0.2, 0.25) is 0 Å². The van der Waals surface area contributed by atoms with Crippen molar-refractivity contribution in [2.45, 2.75) is 122 Å². The molecule has 0 heterocycles. The predicted octanol–water partition coefficient (Wildman–Crippen LogP) is 10.3. The van der Waals surface area contributed by atoms with E-state index in [2.05, 4.69) is 65.3 Å². The van der Waals surface area contributed by atoms with E-state index in [0.29, 0.717) is 12.3 Å². The molecular weight excluding hydrogens is 543 g/mol. The average molecular weight is 590 g/mol. The lowest BCUT2D eigenvalue weighted by Crippen LogP contribution is -2.28. The Labute approximate surface area is 238 Å². The van der Waals surface area contributed by atoms with Crippen molar-refractivity contribution < 1.29 is 18.7 Å². The summed E-state index contributed by atoms with van der Waals surface area (Å²) in [5.41, 5.74) is 3.65. The number of benzene rings is 2. The summed E-state index contributed by atoms with van der Waals surface area (Å²) < 4.78 is 26.4. The Morgan fingerprint density at radius 3 is 2.16 bits per heavy atom. The molecule has 3 nitrogen and oxygen atoms in total. The van der Waals surface area contributed by atoms with Gasteiger partial charge in [0, 0.05) is 0 Å². The standard InChI is InChI=1S/C33H46BrFO3/c1-3-5-7-8-9-10-11-23-37-32-22-19-28(24-30(32)34)27-15-13-25(14-16-27)26-17-20-29(21-18-26)38-33(36)31(35)12-6-4-2/h13-16,19,22,24,26,29,31H,3-12,17-18,20-21,23H2,1-2H3/t26?,29?,31-/m0/s1. The minimum absolute atomic E-state index is 0.151. The Bertz CT molecular complexity index is 953. The van der Waals surface area contributed by atoms with Crippen LogP contribution in [0.1, 0.15) is 115 Å². The highest BCUT2D eigenvalue weighted by atomic mass is 79.9. The van der Waals surface area contributed by atoms with Gasteiger partial charge in [-0.25, -0.2) is 9.18 Å². The molecule has 0 aromatic heterocycles. The molecule has 1 atom stereocenters. The number of alkyl halides is 1. The number of unbranched alkanes of at least 4 members (excludes halogenated alkanes) is 7. The summed E-state index contributed by atoms with van der Waals surface area (Å²) in [5, 5.41) is 0. The zero-order valence-corrected chi connectivity index (χ0v) is 24.9. The van der Waals surface area contributed by atoms with Crippen LogP contribution in [-0.2, 0) is 9.53 Å². The van der Waals surface area contributed by atoms with Crippen LogP contribution in [0.3, 0.4) is 0 Å². The second kappa shape index (κ2) is 16.9. The molecule has 38 heavy (non-hydrogen) atoms. The molecular formula is C33H46BrFO3. The third-order valence-electron chi connectivity index (χ3n) is 7.68. The number of hydrogen-bond donors (Lipinski definition) is 0. The highest BCUT2D eigenvalue weighted by Crippen LogP contribution is 2.36. The first-order valence-electron chi connectivity index (χ1n) is 14.9. The van der Waals surface area contributed by atoms with Gasteiger partial charge in [0.05, 0.1) is 11.1 Å². The van der Waals surface area contributed by atoms with Crippen molar-refractivity contribution in [3.63, 3.8) is 0 Å². The summed E-state index contributed by atoms with van der Waals surface area (Å²) in [5.74, 6) is 0.680. The Balaban J connectivity index is 1.43. The summed E-state index contributed by atoms with van der Waals surface area (Å²) in [6.45, 7) is 5.01. The number of esters is 1. The summed E-state index contributed by atoms with van der Waals surface area (Å²) in [6.07, 6.45) is 12.7. The number of carbonyl (C=O) groups excluding carboxylic acids is 1. The quantitative estimate of drug-likeness (QED) is 0.144. The van der Waals surface area contributed by atoms with Gasteiger partial charge in [0.25, 0.3) is 0 Å². The smallest absolute Gasteiger partial charge is 0.340 e. The Kier molecular flexibility index (Phi) is 13.7. The molecule has 5 heteroatoms. The number of hydrogen-bond acceptors (Lipinski definition) is 3. The minimum atomic E-state index is -1.48. The van der Waals surface area contributed by atoms with Gasteiger partial charge in [-0.3, -0.25) is 0 Å². The summed E-state index contributed by atoms with van der Waals surface area (Å²) in [7, 11) is 0. The van der Waals surface area contributed by atoms with Gasteiger partial charge >= 0.3 is 5.97 Å². The lowest BCUT2D eigenvalue weighted by molar-refractivity contribution is -0.157. The van der Waals surface area contributed by atoms with E-state index < -0.39 is 12.1 Å². The monoisotopic (exact) mass is 588 g/mol. The maximum Gasteiger partial charge on any atom is 0.340 e. The lowest BCUT2D eigenvalue weighted by Gasteiger charge is -2.29. The molecule has 1 saturated carbocycles. The molecule has 0 aliphatic heterocycles. The second-order valence-corrected chi connectivity index (χ2v) is 11.6. The van der Waals surface area contributed by atoms with Crippen molar-refractivity contribution in [1.29, 1.82) is 0 Å². The zero-order valence-electron chi connectivity index (χ0n) is 23.4. The van der Waals surface area contributed by atoms with E-state index in [1.54, 1.807) is 0 Å². The van der Waals surface area contributed by atoms with Crippen molar-refractivity contribution in [2.24, 2.45) is 0 Å². The van der Waals surface area contributed by atoms with E-state index in [0.717, 1.165) is 60.9 Å². The maximum absolute atomic E-state index is 13.9. The van der Waals surface area contributed by atoms with Crippen molar-refractivity contribution in [3.8, 4) is 16.9 Å². The van der Waals surface area contributed by atoms with Crippen molar-refractivity contribution in [1.82, 2.24) is 0 Å². The van der Waals surface area contributed by atoms with Gasteiger partial charge in [-0.1, -0.05) is 95.5 Å². The third kappa shape index (κ3) is 10.0. The van der Waals surface area contributed by atoms with Gasteiger partial charge in [-0.15, -0.1) is 0 Å². The highest BCUT2D eigenvalue weighted by Gasteiger charge is 2.27. The average Bonchev–Trinajstić information content (AvgIpc) is 2.94. The molecule has 0 unspecified atom stereocenters. The summed E-state index contributed by atoms with van der Waals surface area (Å²) in [4.78, 5) is 12.0. The number of halogens is 2. The number of ether oxygens (including phenoxy) is 2.